The van der Waals surface area contributed by atoms with Crippen LogP contribution in [0.4, 0.5) is 0 Å². The van der Waals surface area contributed by atoms with Crippen LogP contribution < -0.4 is 0 Å². The van der Waals surface area contributed by atoms with Crippen molar-refractivity contribution in [3.05, 3.63) is 29.8 Å². The Morgan fingerprint density at radius 3 is 2.09 bits per heavy atom. The van der Waals surface area contributed by atoms with Crippen LogP contribution in [-0.2, 0) is 19.5 Å². The summed E-state index contributed by atoms with van der Waals surface area (Å²) in [4.78, 5) is 10.4. The summed E-state index contributed by atoms with van der Waals surface area (Å²) in [6.07, 6.45) is 0. The Labute approximate surface area is 81.9 Å². The Hall–Kier alpha value is -0.397. The average molecular weight is 222 g/mol. The maximum atomic E-state index is 10.4. The molecule has 1 N–H and O–H groups in total. The zero-order chi connectivity index (χ0) is 7.56. The Morgan fingerprint density at radius 1 is 1.27 bits per heavy atom. The molecule has 0 saturated carbocycles. The second-order valence-electron chi connectivity index (χ2n) is 1.82. The first kappa shape index (κ1) is 10.6. The van der Waals surface area contributed by atoms with Gasteiger partial charge in [-0.2, -0.15) is 0 Å². The van der Waals surface area contributed by atoms with Crippen LogP contribution in [0.25, 0.3) is 0 Å². The van der Waals surface area contributed by atoms with Crippen molar-refractivity contribution in [2.75, 3.05) is 0 Å². The van der Waals surface area contributed by atoms with E-state index in [0.29, 0.717) is 5.56 Å². The fraction of sp³-hybridized carbons (Fsp3) is 0. The summed E-state index contributed by atoms with van der Waals surface area (Å²) in [5.74, 6) is 0.127. The molecule has 1 aromatic carbocycles. The number of aromatic hydroxyl groups is 1. The molecule has 0 spiro atoms. The molecule has 0 aliphatic carbocycles. The molecule has 54 valence electrons. The zero-order valence-corrected chi connectivity index (χ0v) is 9.47. The summed E-state index contributed by atoms with van der Waals surface area (Å²) in [7, 11) is 0. The molecule has 0 amide bonds. The smallest absolute Gasteiger partial charge is 0.252 e. The largest absolute Gasteiger partial charge is 0.508 e. The number of benzene rings is 1. The molecule has 0 heterocycles. The molecule has 0 radical (unpaired) electrons. The summed E-state index contributed by atoms with van der Waals surface area (Å²) < 4.78 is 0. The van der Waals surface area contributed by atoms with Crippen LogP contribution in [0.3, 0.4) is 0 Å². The van der Waals surface area contributed by atoms with Crippen LogP contribution in [0.15, 0.2) is 24.3 Å². The third kappa shape index (κ3) is 3.00. The van der Waals surface area contributed by atoms with Gasteiger partial charge in [-0.25, -0.2) is 0 Å². The second kappa shape index (κ2) is 4.47. The summed E-state index contributed by atoms with van der Waals surface area (Å²) >= 11 is 5.13. The van der Waals surface area contributed by atoms with Gasteiger partial charge < -0.3 is 5.11 Å². The van der Waals surface area contributed by atoms with E-state index < -0.39 is 5.24 Å². The molecule has 0 atom stereocenters. The minimum absolute atomic E-state index is 0. The number of halogens is 1. The molecule has 0 aromatic heterocycles. The Balaban J connectivity index is 0.000001000. The van der Waals surface area contributed by atoms with Crippen molar-refractivity contribution in [2.45, 2.75) is 0 Å². The van der Waals surface area contributed by atoms with Crippen molar-refractivity contribution in [1.82, 2.24) is 0 Å². The van der Waals surface area contributed by atoms with Crippen LogP contribution >= 0.6 is 11.6 Å². The van der Waals surface area contributed by atoms with Gasteiger partial charge in [0.1, 0.15) is 5.75 Å². The summed E-state index contributed by atoms with van der Waals surface area (Å²) in [6, 6.07) is 5.75. The molecule has 2 nitrogen and oxygen atoms in total. The van der Waals surface area contributed by atoms with Crippen LogP contribution in [0.2, 0.25) is 0 Å². The van der Waals surface area contributed by atoms with Gasteiger partial charge in [-0.3, -0.25) is 4.79 Å². The SMILES string of the molecule is O=C(Cl)c1ccc(O)cc1.[Zn]. The summed E-state index contributed by atoms with van der Waals surface area (Å²) in [6.45, 7) is 0. The third-order valence-corrected chi connectivity index (χ3v) is 1.31. The van der Waals surface area contributed by atoms with E-state index >= 15 is 0 Å². The first-order chi connectivity index (χ1) is 4.70. The van der Waals surface area contributed by atoms with E-state index in [4.69, 9.17) is 16.7 Å². The van der Waals surface area contributed by atoms with Crippen LogP contribution in [0.1, 0.15) is 10.4 Å². The minimum atomic E-state index is -0.514. The number of phenols is 1. The fourth-order valence-corrected chi connectivity index (χ4v) is 0.718. The van der Waals surface area contributed by atoms with E-state index in [-0.39, 0.29) is 25.2 Å². The molecule has 4 heteroatoms. The van der Waals surface area contributed by atoms with E-state index in [0.717, 1.165) is 0 Å². The molecule has 0 saturated heterocycles. The average Bonchev–Trinajstić information content (AvgIpc) is 1.88. The van der Waals surface area contributed by atoms with Crippen molar-refractivity contribution in [2.24, 2.45) is 0 Å². The predicted molar refractivity (Wildman–Crippen MR) is 38.3 cm³/mol. The molecule has 0 aliphatic heterocycles. The van der Waals surface area contributed by atoms with E-state index in [1.807, 2.05) is 0 Å². The van der Waals surface area contributed by atoms with Crippen molar-refractivity contribution in [1.29, 1.82) is 0 Å². The summed E-state index contributed by atoms with van der Waals surface area (Å²) in [5.41, 5.74) is 0.388. The van der Waals surface area contributed by atoms with Crippen LogP contribution in [0, 0.1) is 0 Å². The number of rotatable bonds is 1. The maximum Gasteiger partial charge on any atom is 0.252 e. The van der Waals surface area contributed by atoms with E-state index in [1.165, 1.54) is 24.3 Å². The van der Waals surface area contributed by atoms with Crippen LogP contribution in [0.5, 0.6) is 5.75 Å². The minimum Gasteiger partial charge on any atom is -0.508 e. The monoisotopic (exact) mass is 220 g/mol. The zero-order valence-electron chi connectivity index (χ0n) is 5.75. The van der Waals surface area contributed by atoms with E-state index in [2.05, 4.69) is 0 Å². The van der Waals surface area contributed by atoms with Gasteiger partial charge in [-0.05, 0) is 35.9 Å². The molecule has 0 unspecified atom stereocenters. The normalized spacial score (nSPS) is 8.45. The predicted octanol–water partition coefficient (Wildman–Crippen LogP) is 1.77. The van der Waals surface area contributed by atoms with Gasteiger partial charge in [0.2, 0.25) is 0 Å². The van der Waals surface area contributed by atoms with Gasteiger partial charge in [0.25, 0.3) is 5.24 Å². The summed E-state index contributed by atoms with van der Waals surface area (Å²) in [5, 5.41) is 8.27. The number of carbonyl (C=O) groups is 1. The van der Waals surface area contributed by atoms with Gasteiger partial charge in [-0.1, -0.05) is 0 Å². The Morgan fingerprint density at radius 2 is 1.73 bits per heavy atom. The number of hydrogen-bond acceptors (Lipinski definition) is 2. The third-order valence-electron chi connectivity index (χ3n) is 1.09. The first-order valence-corrected chi connectivity index (χ1v) is 3.07. The van der Waals surface area contributed by atoms with Gasteiger partial charge in [0.15, 0.2) is 0 Å². The number of carbonyl (C=O) groups excluding carboxylic acids is 1. The maximum absolute atomic E-state index is 10.4. The van der Waals surface area contributed by atoms with Crippen LogP contribution in [-0.4, -0.2) is 10.3 Å². The van der Waals surface area contributed by atoms with Gasteiger partial charge >= 0.3 is 0 Å². The van der Waals surface area contributed by atoms with Crippen molar-refractivity contribution in [3.8, 4) is 5.75 Å². The molecule has 0 aliphatic rings. The van der Waals surface area contributed by atoms with Gasteiger partial charge in [-0.15, -0.1) is 0 Å². The van der Waals surface area contributed by atoms with Crippen molar-refractivity contribution in [3.63, 3.8) is 0 Å². The molecule has 1 rings (SSSR count). The second-order valence-corrected chi connectivity index (χ2v) is 2.16. The molecular formula is C7H5ClO2Zn. The van der Waals surface area contributed by atoms with Crippen molar-refractivity contribution < 1.29 is 29.4 Å². The number of hydrogen-bond donors (Lipinski definition) is 1. The Bertz CT molecular complexity index is 245. The van der Waals surface area contributed by atoms with E-state index in [1.54, 1.807) is 0 Å². The molecule has 0 fully saturated rings. The van der Waals surface area contributed by atoms with E-state index in [9.17, 15) is 4.79 Å². The molecular weight excluding hydrogens is 217 g/mol. The Kier molecular flexibility index (Phi) is 4.31. The molecule has 1 aromatic rings. The first-order valence-electron chi connectivity index (χ1n) is 2.69. The van der Waals surface area contributed by atoms with Gasteiger partial charge in [0.05, 0.1) is 0 Å². The molecule has 11 heavy (non-hydrogen) atoms. The number of phenolic OH excluding ortho intramolecular Hbond substituents is 1. The van der Waals surface area contributed by atoms with Crippen molar-refractivity contribution >= 4 is 16.8 Å². The standard InChI is InChI=1S/C7H5ClO2.Zn/c8-7(10)5-1-3-6(9)4-2-5;/h1-4,9H;. The fourth-order valence-electron chi connectivity index (χ4n) is 0.592. The molecule has 0 bridgehead atoms. The quantitative estimate of drug-likeness (QED) is 0.580. The topological polar surface area (TPSA) is 37.3 Å². The van der Waals surface area contributed by atoms with Gasteiger partial charge in [0, 0.05) is 25.0 Å².